The molecule has 0 fully saturated rings. The molecule has 1 aromatic carbocycles. The van der Waals surface area contributed by atoms with Gasteiger partial charge in [-0.1, -0.05) is 30.3 Å². The maximum Gasteiger partial charge on any atom is 0.162 e. The summed E-state index contributed by atoms with van der Waals surface area (Å²) in [5.74, 6) is 0.787. The first-order chi connectivity index (χ1) is 8.74. The molecule has 90 valence electrons. The highest BCUT2D eigenvalue weighted by Gasteiger charge is 2.08. The molecule has 0 amide bonds. The molecule has 3 aromatic rings. The van der Waals surface area contributed by atoms with Crippen LogP contribution in [0.5, 0.6) is 0 Å². The molecule has 0 unspecified atom stereocenters. The van der Waals surface area contributed by atoms with Crippen LogP contribution in [0.2, 0.25) is 0 Å². The van der Waals surface area contributed by atoms with E-state index in [9.17, 15) is 0 Å². The first kappa shape index (κ1) is 10.9. The summed E-state index contributed by atoms with van der Waals surface area (Å²) in [5, 5.41) is 5.43. The van der Waals surface area contributed by atoms with E-state index in [1.54, 1.807) is 0 Å². The molecule has 4 nitrogen and oxygen atoms in total. The molecule has 2 heterocycles. The number of fused-ring (bicyclic) bond motifs is 1. The molecule has 0 aliphatic carbocycles. The molecule has 0 saturated heterocycles. The molecule has 2 aromatic heterocycles. The monoisotopic (exact) mass is 238 g/mol. The molecule has 0 radical (unpaired) electrons. The van der Waals surface area contributed by atoms with Crippen molar-refractivity contribution in [1.29, 1.82) is 0 Å². The second-order valence-corrected chi connectivity index (χ2v) is 4.38. The van der Waals surface area contributed by atoms with Gasteiger partial charge in [0, 0.05) is 0 Å². The van der Waals surface area contributed by atoms with Gasteiger partial charge in [0.2, 0.25) is 0 Å². The zero-order chi connectivity index (χ0) is 12.5. The maximum atomic E-state index is 4.48. The Hall–Kier alpha value is -2.23. The van der Waals surface area contributed by atoms with Crippen molar-refractivity contribution < 1.29 is 0 Å². The van der Waals surface area contributed by atoms with Crippen molar-refractivity contribution in [3.8, 4) is 0 Å². The van der Waals surface area contributed by atoms with Gasteiger partial charge in [-0.2, -0.15) is 5.10 Å². The summed E-state index contributed by atoms with van der Waals surface area (Å²) >= 11 is 0. The molecule has 0 atom stereocenters. The Kier molecular flexibility index (Phi) is 2.55. The summed E-state index contributed by atoms with van der Waals surface area (Å²) < 4.78 is 1.92. The minimum Gasteiger partial charge on any atom is -0.243 e. The average molecular weight is 238 g/mol. The third-order valence-corrected chi connectivity index (χ3v) is 2.97. The standard InChI is InChI=1S/C14H14N4/c1-10-13-8-15-18(14(13)17-11(2)16-10)9-12-6-4-3-5-7-12/h3-8H,9H2,1-2H3. The number of rotatable bonds is 2. The van der Waals surface area contributed by atoms with Crippen LogP contribution in [0.1, 0.15) is 17.1 Å². The van der Waals surface area contributed by atoms with Gasteiger partial charge in [0.25, 0.3) is 0 Å². The van der Waals surface area contributed by atoms with Crippen LogP contribution in [0.4, 0.5) is 0 Å². The van der Waals surface area contributed by atoms with Crippen LogP contribution >= 0.6 is 0 Å². The van der Waals surface area contributed by atoms with Crippen molar-refractivity contribution in [3.05, 3.63) is 53.6 Å². The van der Waals surface area contributed by atoms with E-state index in [1.165, 1.54) is 5.56 Å². The fourth-order valence-corrected chi connectivity index (χ4v) is 2.11. The van der Waals surface area contributed by atoms with Gasteiger partial charge in [0.1, 0.15) is 5.82 Å². The van der Waals surface area contributed by atoms with Crippen LogP contribution in [-0.4, -0.2) is 19.7 Å². The number of nitrogens with zero attached hydrogens (tertiary/aromatic N) is 4. The third kappa shape index (κ3) is 1.86. The van der Waals surface area contributed by atoms with Crippen molar-refractivity contribution >= 4 is 11.0 Å². The van der Waals surface area contributed by atoms with Crippen LogP contribution in [0.15, 0.2) is 36.5 Å². The number of benzene rings is 1. The smallest absolute Gasteiger partial charge is 0.162 e. The van der Waals surface area contributed by atoms with Crippen molar-refractivity contribution in [1.82, 2.24) is 19.7 Å². The molecule has 0 aliphatic heterocycles. The van der Waals surface area contributed by atoms with Gasteiger partial charge >= 0.3 is 0 Å². The molecule has 4 heteroatoms. The van der Waals surface area contributed by atoms with Crippen molar-refractivity contribution in [2.75, 3.05) is 0 Å². The van der Waals surface area contributed by atoms with E-state index >= 15 is 0 Å². The van der Waals surface area contributed by atoms with E-state index in [-0.39, 0.29) is 0 Å². The molecule has 3 rings (SSSR count). The summed E-state index contributed by atoms with van der Waals surface area (Å²) in [6.45, 7) is 4.64. The third-order valence-electron chi connectivity index (χ3n) is 2.97. The highest BCUT2D eigenvalue weighted by atomic mass is 15.3. The minimum atomic E-state index is 0.736. The van der Waals surface area contributed by atoms with Gasteiger partial charge in [0.15, 0.2) is 5.65 Å². The highest BCUT2D eigenvalue weighted by molar-refractivity contribution is 5.76. The van der Waals surface area contributed by atoms with E-state index < -0.39 is 0 Å². The van der Waals surface area contributed by atoms with Gasteiger partial charge in [-0.15, -0.1) is 0 Å². The molecule has 18 heavy (non-hydrogen) atoms. The molecular formula is C14H14N4. The van der Waals surface area contributed by atoms with E-state index in [0.717, 1.165) is 29.1 Å². The van der Waals surface area contributed by atoms with Gasteiger partial charge in [-0.25, -0.2) is 14.6 Å². The molecule has 0 N–H and O–H groups in total. The zero-order valence-electron chi connectivity index (χ0n) is 10.5. The first-order valence-corrected chi connectivity index (χ1v) is 5.95. The molecule has 0 spiro atoms. The van der Waals surface area contributed by atoms with Gasteiger partial charge in [-0.3, -0.25) is 0 Å². The van der Waals surface area contributed by atoms with E-state index in [2.05, 4.69) is 27.2 Å². The van der Waals surface area contributed by atoms with Gasteiger partial charge in [-0.05, 0) is 19.4 Å². The normalized spacial score (nSPS) is 11.0. The van der Waals surface area contributed by atoms with E-state index in [1.807, 2.05) is 42.9 Å². The lowest BCUT2D eigenvalue weighted by atomic mass is 10.2. The fourth-order valence-electron chi connectivity index (χ4n) is 2.11. The summed E-state index contributed by atoms with van der Waals surface area (Å²) in [4.78, 5) is 8.84. The maximum absolute atomic E-state index is 4.48. The van der Waals surface area contributed by atoms with Crippen LogP contribution in [-0.2, 0) is 6.54 Å². The van der Waals surface area contributed by atoms with Crippen LogP contribution < -0.4 is 0 Å². The largest absolute Gasteiger partial charge is 0.243 e. The number of aromatic nitrogens is 4. The Labute approximate surface area is 105 Å². The predicted octanol–water partition coefficient (Wildman–Crippen LogP) is 2.49. The summed E-state index contributed by atoms with van der Waals surface area (Å²) in [6.07, 6.45) is 1.84. The molecule has 0 bridgehead atoms. The summed E-state index contributed by atoms with van der Waals surface area (Å²) in [5.41, 5.74) is 3.11. The van der Waals surface area contributed by atoms with Crippen molar-refractivity contribution in [2.24, 2.45) is 0 Å². The summed E-state index contributed by atoms with van der Waals surface area (Å²) in [6, 6.07) is 10.3. The predicted molar refractivity (Wildman–Crippen MR) is 70.3 cm³/mol. The second-order valence-electron chi connectivity index (χ2n) is 4.38. The topological polar surface area (TPSA) is 43.6 Å². The van der Waals surface area contributed by atoms with E-state index in [0.29, 0.717) is 0 Å². The average Bonchev–Trinajstić information content (AvgIpc) is 2.74. The lowest BCUT2D eigenvalue weighted by molar-refractivity contribution is 0.702. The highest BCUT2D eigenvalue weighted by Crippen LogP contribution is 2.15. The Morgan fingerprint density at radius 1 is 1.06 bits per heavy atom. The van der Waals surface area contributed by atoms with Crippen LogP contribution in [0.25, 0.3) is 11.0 Å². The van der Waals surface area contributed by atoms with Crippen LogP contribution in [0, 0.1) is 13.8 Å². The Bertz CT molecular complexity index is 686. The zero-order valence-corrected chi connectivity index (χ0v) is 10.5. The number of aryl methyl sites for hydroxylation is 2. The SMILES string of the molecule is Cc1nc(C)c2cnn(Cc3ccccc3)c2n1. The first-order valence-electron chi connectivity index (χ1n) is 5.95. The van der Waals surface area contributed by atoms with Crippen molar-refractivity contribution in [2.45, 2.75) is 20.4 Å². The summed E-state index contributed by atoms with van der Waals surface area (Å²) in [7, 11) is 0. The molecule has 0 saturated carbocycles. The number of hydrogen-bond acceptors (Lipinski definition) is 3. The lowest BCUT2D eigenvalue weighted by Crippen LogP contribution is -2.03. The van der Waals surface area contributed by atoms with Crippen molar-refractivity contribution in [3.63, 3.8) is 0 Å². The molecular weight excluding hydrogens is 224 g/mol. The quantitative estimate of drug-likeness (QED) is 0.689. The van der Waals surface area contributed by atoms with Gasteiger partial charge in [0.05, 0.1) is 23.8 Å². The number of hydrogen-bond donors (Lipinski definition) is 0. The fraction of sp³-hybridized carbons (Fsp3) is 0.214. The minimum absolute atomic E-state index is 0.736. The second kappa shape index (κ2) is 4.22. The Morgan fingerprint density at radius 3 is 2.61 bits per heavy atom. The van der Waals surface area contributed by atoms with E-state index in [4.69, 9.17) is 0 Å². The molecule has 0 aliphatic rings. The lowest BCUT2D eigenvalue weighted by Gasteiger charge is -2.04. The Balaban J connectivity index is 2.08. The Morgan fingerprint density at radius 2 is 1.83 bits per heavy atom. The van der Waals surface area contributed by atoms with Gasteiger partial charge < -0.3 is 0 Å². The van der Waals surface area contributed by atoms with Crippen LogP contribution in [0.3, 0.4) is 0 Å².